The lowest BCUT2D eigenvalue weighted by Gasteiger charge is -2.45. The normalized spacial score (nSPS) is 36.7. The Kier molecular flexibility index (Phi) is 3.27. The number of rotatable bonds is 3. The van der Waals surface area contributed by atoms with Crippen LogP contribution in [-0.2, 0) is 0 Å². The maximum absolute atomic E-state index is 10.4. The summed E-state index contributed by atoms with van der Waals surface area (Å²) in [7, 11) is 0. The Morgan fingerprint density at radius 3 is 2.57 bits per heavy atom. The lowest BCUT2D eigenvalue weighted by molar-refractivity contribution is 0.0163. The van der Waals surface area contributed by atoms with E-state index in [1.54, 1.807) is 0 Å². The van der Waals surface area contributed by atoms with Crippen LogP contribution in [0.3, 0.4) is 0 Å². The van der Waals surface area contributed by atoms with Crippen molar-refractivity contribution in [2.45, 2.75) is 46.1 Å². The molecular formula is C10H20N2O2. The van der Waals surface area contributed by atoms with Crippen molar-refractivity contribution in [2.75, 3.05) is 6.54 Å². The maximum atomic E-state index is 10.4. The van der Waals surface area contributed by atoms with Crippen LogP contribution in [0.2, 0.25) is 0 Å². The summed E-state index contributed by atoms with van der Waals surface area (Å²) in [5, 5.41) is 12.0. The smallest absolute Gasteiger partial charge is 0.0865 e. The molecule has 1 fully saturated rings. The molecule has 1 aliphatic carbocycles. The number of nitrogens with zero attached hydrogens (tertiary/aromatic N) is 1. The molecule has 0 radical (unpaired) electrons. The highest BCUT2D eigenvalue weighted by atomic mass is 16.5. The topological polar surface area (TPSA) is 61.7 Å². The zero-order valence-electron chi connectivity index (χ0n) is 9.21. The van der Waals surface area contributed by atoms with Gasteiger partial charge in [-0.2, -0.15) is 4.91 Å². The molecule has 2 N–H and O–H groups in total. The highest BCUT2D eigenvalue weighted by Gasteiger charge is 2.41. The van der Waals surface area contributed by atoms with Crippen molar-refractivity contribution in [3.63, 3.8) is 0 Å². The molecule has 0 saturated heterocycles. The fourth-order valence-corrected chi connectivity index (χ4v) is 3.00. The van der Waals surface area contributed by atoms with Gasteiger partial charge < -0.3 is 5.21 Å². The van der Waals surface area contributed by atoms with Crippen molar-refractivity contribution >= 4 is 0 Å². The first-order valence-corrected chi connectivity index (χ1v) is 5.10. The van der Waals surface area contributed by atoms with E-state index in [0.717, 1.165) is 19.3 Å². The van der Waals surface area contributed by atoms with Crippen LogP contribution in [0.25, 0.3) is 0 Å². The quantitative estimate of drug-likeness (QED) is 0.543. The van der Waals surface area contributed by atoms with E-state index in [-0.39, 0.29) is 16.9 Å². The van der Waals surface area contributed by atoms with E-state index in [1.165, 1.54) is 0 Å². The first-order chi connectivity index (χ1) is 6.41. The summed E-state index contributed by atoms with van der Waals surface area (Å²) in [6.07, 6.45) is 2.75. The van der Waals surface area contributed by atoms with Crippen LogP contribution in [0.15, 0.2) is 5.18 Å². The Morgan fingerprint density at radius 2 is 2.07 bits per heavy atom. The summed E-state index contributed by atoms with van der Waals surface area (Å²) in [5.41, 5.74) is 2.43. The van der Waals surface area contributed by atoms with Gasteiger partial charge in [-0.25, -0.2) is 5.48 Å². The third kappa shape index (κ3) is 2.75. The average Bonchev–Trinajstić information content (AvgIpc) is 2.00. The van der Waals surface area contributed by atoms with Crippen LogP contribution in [-0.4, -0.2) is 17.8 Å². The van der Waals surface area contributed by atoms with E-state index in [9.17, 15) is 4.91 Å². The van der Waals surface area contributed by atoms with Gasteiger partial charge in [0.1, 0.15) is 0 Å². The Morgan fingerprint density at radius 1 is 1.43 bits per heavy atom. The first kappa shape index (κ1) is 11.6. The molecule has 1 rings (SSSR count). The van der Waals surface area contributed by atoms with Gasteiger partial charge in [-0.15, -0.1) is 0 Å². The molecule has 2 unspecified atom stereocenters. The minimum absolute atomic E-state index is 0.0656. The number of nitroso groups, excluding NO2 is 1. The van der Waals surface area contributed by atoms with Gasteiger partial charge in [0.15, 0.2) is 0 Å². The van der Waals surface area contributed by atoms with Crippen molar-refractivity contribution in [2.24, 2.45) is 16.0 Å². The molecule has 0 amide bonds. The lowest BCUT2D eigenvalue weighted by Crippen LogP contribution is -2.45. The second-order valence-electron chi connectivity index (χ2n) is 5.67. The molecule has 4 nitrogen and oxygen atoms in total. The van der Waals surface area contributed by atoms with E-state index < -0.39 is 0 Å². The maximum Gasteiger partial charge on any atom is 0.0865 e. The third-order valence-electron chi connectivity index (χ3n) is 3.07. The van der Waals surface area contributed by atoms with Gasteiger partial charge in [0.05, 0.1) is 6.54 Å². The van der Waals surface area contributed by atoms with Crippen molar-refractivity contribution in [1.29, 1.82) is 0 Å². The minimum Gasteiger partial charge on any atom is -0.317 e. The molecule has 0 spiro atoms. The third-order valence-corrected chi connectivity index (χ3v) is 3.07. The van der Waals surface area contributed by atoms with Gasteiger partial charge in [0.25, 0.3) is 0 Å². The summed E-state index contributed by atoms with van der Waals surface area (Å²) < 4.78 is 0. The summed E-state index contributed by atoms with van der Waals surface area (Å²) in [4.78, 5) is 10.4. The number of hydroxylamine groups is 1. The van der Waals surface area contributed by atoms with Crippen molar-refractivity contribution in [1.82, 2.24) is 5.48 Å². The number of nitrogens with one attached hydrogen (secondary N) is 1. The highest BCUT2D eigenvalue weighted by molar-refractivity contribution is 4.94. The van der Waals surface area contributed by atoms with E-state index in [1.807, 2.05) is 0 Å². The largest absolute Gasteiger partial charge is 0.317 e. The van der Waals surface area contributed by atoms with Crippen LogP contribution >= 0.6 is 0 Å². The molecule has 0 bridgehead atoms. The molecule has 2 atom stereocenters. The second-order valence-corrected chi connectivity index (χ2v) is 5.67. The fraction of sp³-hybridized carbons (Fsp3) is 1.00. The molecular weight excluding hydrogens is 180 g/mol. The van der Waals surface area contributed by atoms with Gasteiger partial charge in [0.2, 0.25) is 0 Å². The number of hydrogen-bond donors (Lipinski definition) is 2. The molecule has 1 saturated carbocycles. The first-order valence-electron chi connectivity index (χ1n) is 5.10. The summed E-state index contributed by atoms with van der Waals surface area (Å²) in [5.74, 6) is 0. The molecule has 14 heavy (non-hydrogen) atoms. The van der Waals surface area contributed by atoms with E-state index >= 15 is 0 Å². The van der Waals surface area contributed by atoms with Crippen molar-refractivity contribution < 1.29 is 5.21 Å². The monoisotopic (exact) mass is 200 g/mol. The number of hydrogen-bond acceptors (Lipinski definition) is 4. The molecule has 0 aromatic carbocycles. The van der Waals surface area contributed by atoms with Gasteiger partial charge in [-0.1, -0.05) is 25.9 Å². The zero-order valence-corrected chi connectivity index (χ0v) is 9.21. The molecule has 1 aliphatic rings. The zero-order chi connectivity index (χ0) is 10.8. The summed E-state index contributed by atoms with van der Waals surface area (Å²) in [6.45, 7) is 6.74. The molecule has 0 aromatic heterocycles. The molecule has 0 heterocycles. The van der Waals surface area contributed by atoms with Crippen LogP contribution < -0.4 is 5.48 Å². The van der Waals surface area contributed by atoms with Gasteiger partial charge in [0, 0.05) is 6.04 Å². The van der Waals surface area contributed by atoms with E-state index in [0.29, 0.717) is 6.54 Å². The van der Waals surface area contributed by atoms with Crippen LogP contribution in [0.1, 0.15) is 40.0 Å². The Bertz CT molecular complexity index is 218. The van der Waals surface area contributed by atoms with Gasteiger partial charge >= 0.3 is 0 Å². The molecule has 4 heteroatoms. The minimum atomic E-state index is -0.0656. The fourth-order valence-electron chi connectivity index (χ4n) is 3.00. The Balaban J connectivity index is 2.73. The SMILES string of the molecule is CC1(C)CC(NO)CC(C)(CN=O)C1. The molecule has 82 valence electrons. The lowest BCUT2D eigenvalue weighted by atomic mass is 9.63. The van der Waals surface area contributed by atoms with Gasteiger partial charge in [-0.3, -0.25) is 0 Å². The van der Waals surface area contributed by atoms with E-state index in [4.69, 9.17) is 5.21 Å². The summed E-state index contributed by atoms with van der Waals surface area (Å²) in [6, 6.07) is 0.0884. The van der Waals surface area contributed by atoms with Crippen molar-refractivity contribution in [3.8, 4) is 0 Å². The molecule has 0 aromatic rings. The highest BCUT2D eigenvalue weighted by Crippen LogP contribution is 2.46. The van der Waals surface area contributed by atoms with E-state index in [2.05, 4.69) is 31.4 Å². The Hall–Kier alpha value is -0.480. The summed E-state index contributed by atoms with van der Waals surface area (Å²) >= 11 is 0. The van der Waals surface area contributed by atoms with Crippen LogP contribution in [0, 0.1) is 15.7 Å². The predicted molar refractivity (Wildman–Crippen MR) is 55.1 cm³/mol. The van der Waals surface area contributed by atoms with Gasteiger partial charge in [-0.05, 0) is 30.1 Å². The standard InChI is InChI=1S/C10H20N2O2/c1-9(2)4-8(12-14)5-10(3,6-9)7-11-13/h8,12,14H,4-7H2,1-3H3. The molecule has 0 aliphatic heterocycles. The average molecular weight is 200 g/mol. The predicted octanol–water partition coefficient (Wildman–Crippen LogP) is 2.32. The van der Waals surface area contributed by atoms with Crippen LogP contribution in [0.5, 0.6) is 0 Å². The van der Waals surface area contributed by atoms with Crippen molar-refractivity contribution in [3.05, 3.63) is 4.91 Å². The Labute approximate surface area is 85.0 Å². The van der Waals surface area contributed by atoms with Crippen LogP contribution in [0.4, 0.5) is 0 Å². The second kappa shape index (κ2) is 3.95.